The highest BCUT2D eigenvalue weighted by molar-refractivity contribution is 6.34. The smallest absolute Gasteiger partial charge is 0.370 e. The van der Waals surface area contributed by atoms with Crippen molar-refractivity contribution in [2.75, 3.05) is 33.9 Å². The fraction of sp³-hybridized carbons (Fsp3) is 0.231. The van der Waals surface area contributed by atoms with Gasteiger partial charge in [-0.1, -0.05) is 29.8 Å². The van der Waals surface area contributed by atoms with E-state index >= 15 is 0 Å². The minimum atomic E-state index is -4.52. The van der Waals surface area contributed by atoms with E-state index in [1.165, 1.54) is 12.1 Å². The third-order valence-corrected chi connectivity index (χ3v) is 6.10. The maximum atomic E-state index is 13.0. The molecule has 0 atom stereocenters. The van der Waals surface area contributed by atoms with Crippen LogP contribution in [-0.4, -0.2) is 25.0 Å². The number of carbonyl (C=O) groups is 2. The zero-order valence-corrected chi connectivity index (χ0v) is 19.9. The summed E-state index contributed by atoms with van der Waals surface area (Å²) in [5, 5.41) is 8.26. The van der Waals surface area contributed by atoms with Crippen LogP contribution in [0.5, 0.6) is 0 Å². The van der Waals surface area contributed by atoms with Crippen LogP contribution in [0.3, 0.4) is 0 Å². The van der Waals surface area contributed by atoms with Crippen LogP contribution in [0.2, 0.25) is 5.02 Å². The Balaban J connectivity index is 1.56. The first-order valence-electron chi connectivity index (χ1n) is 11.4. The van der Waals surface area contributed by atoms with Gasteiger partial charge in [0.15, 0.2) is 0 Å². The first-order valence-corrected chi connectivity index (χ1v) is 11.8. The molecule has 0 aliphatic carbocycles. The Hall–Kier alpha value is -3.72. The lowest BCUT2D eigenvalue weighted by molar-refractivity contribution is -0.137. The quantitative estimate of drug-likeness (QED) is 0.334. The zero-order chi connectivity index (χ0) is 25.7. The molecule has 36 heavy (non-hydrogen) atoms. The van der Waals surface area contributed by atoms with E-state index in [0.29, 0.717) is 22.0 Å². The number of halogens is 4. The molecular formula is C26H24ClF3N4O2. The van der Waals surface area contributed by atoms with E-state index in [1.807, 2.05) is 0 Å². The molecule has 1 aliphatic rings. The average molecular weight is 517 g/mol. The van der Waals surface area contributed by atoms with Crippen molar-refractivity contribution in [3.8, 4) is 0 Å². The maximum Gasteiger partial charge on any atom is 0.416 e. The molecule has 4 rings (SSSR count). The molecule has 3 aromatic carbocycles. The van der Waals surface area contributed by atoms with Crippen LogP contribution >= 0.6 is 11.6 Å². The molecule has 0 spiro atoms. The number of carbonyl (C=O) groups excluding carboxylic acids is 2. The molecule has 1 fully saturated rings. The minimum absolute atomic E-state index is 0.00465. The largest absolute Gasteiger partial charge is 0.416 e. The van der Waals surface area contributed by atoms with E-state index in [4.69, 9.17) is 11.6 Å². The van der Waals surface area contributed by atoms with E-state index < -0.39 is 23.7 Å². The van der Waals surface area contributed by atoms with Crippen LogP contribution in [0.15, 0.2) is 66.7 Å². The van der Waals surface area contributed by atoms with Crippen molar-refractivity contribution in [2.45, 2.75) is 25.4 Å². The van der Waals surface area contributed by atoms with E-state index in [1.54, 1.807) is 42.5 Å². The standard InChI is InChI=1S/C26H24ClF3N4O2/c27-21-10-3-2-9-20(21)24(35)31-19-11-12-23(34-13-4-1-5-14-34)22(16-19)33-25(36)32-18-8-6-7-17(15-18)26(28,29)30/h2-3,6-12,15-16H,1,4-5,13-14H2,(H,31,35)(H2,32,33,36). The summed E-state index contributed by atoms with van der Waals surface area (Å²) in [5.41, 5.74) is 1.04. The number of hydrogen-bond donors (Lipinski definition) is 3. The minimum Gasteiger partial charge on any atom is -0.370 e. The Bertz CT molecular complexity index is 1260. The first kappa shape index (κ1) is 25.4. The Morgan fingerprint density at radius 2 is 1.53 bits per heavy atom. The highest BCUT2D eigenvalue weighted by Crippen LogP contribution is 2.33. The molecule has 0 aromatic heterocycles. The van der Waals surface area contributed by atoms with Crippen LogP contribution in [0, 0.1) is 0 Å². The van der Waals surface area contributed by atoms with Gasteiger partial charge in [-0.25, -0.2) is 4.79 Å². The number of urea groups is 1. The molecule has 0 saturated carbocycles. The van der Waals surface area contributed by atoms with Crippen molar-refractivity contribution in [3.63, 3.8) is 0 Å². The van der Waals surface area contributed by atoms with Crippen LogP contribution in [-0.2, 0) is 6.18 Å². The molecule has 1 saturated heterocycles. The van der Waals surface area contributed by atoms with Gasteiger partial charge in [0.1, 0.15) is 0 Å². The van der Waals surface area contributed by atoms with Gasteiger partial charge in [-0.3, -0.25) is 4.79 Å². The number of nitrogens with zero attached hydrogens (tertiary/aromatic N) is 1. The van der Waals surface area contributed by atoms with Crippen molar-refractivity contribution in [1.82, 2.24) is 0 Å². The summed E-state index contributed by atoms with van der Waals surface area (Å²) in [6.45, 7) is 1.60. The first-order chi connectivity index (χ1) is 17.2. The Labute approximate surface area is 211 Å². The molecule has 0 unspecified atom stereocenters. The molecule has 6 nitrogen and oxygen atoms in total. The van der Waals surface area contributed by atoms with Gasteiger partial charge >= 0.3 is 12.2 Å². The summed E-state index contributed by atoms with van der Waals surface area (Å²) in [6, 6.07) is 15.5. The molecule has 3 N–H and O–H groups in total. The third-order valence-electron chi connectivity index (χ3n) is 5.77. The molecular weight excluding hydrogens is 493 g/mol. The number of anilines is 4. The average Bonchev–Trinajstić information content (AvgIpc) is 2.84. The Kier molecular flexibility index (Phi) is 7.69. The number of piperidine rings is 1. The summed E-state index contributed by atoms with van der Waals surface area (Å²) >= 11 is 6.13. The summed E-state index contributed by atoms with van der Waals surface area (Å²) in [4.78, 5) is 27.6. The topological polar surface area (TPSA) is 73.5 Å². The lowest BCUT2D eigenvalue weighted by Crippen LogP contribution is -2.31. The fourth-order valence-corrected chi connectivity index (χ4v) is 4.25. The molecule has 3 aromatic rings. The zero-order valence-electron chi connectivity index (χ0n) is 19.2. The summed E-state index contributed by atoms with van der Waals surface area (Å²) in [6.07, 6.45) is -1.41. The highest BCUT2D eigenvalue weighted by Gasteiger charge is 2.30. The summed E-state index contributed by atoms with van der Waals surface area (Å²) in [5.74, 6) is -0.411. The molecule has 1 heterocycles. The SMILES string of the molecule is O=C(Nc1cccc(C(F)(F)F)c1)Nc1cc(NC(=O)c2ccccc2Cl)ccc1N1CCCCC1. The number of rotatable bonds is 5. The van der Waals surface area contributed by atoms with Gasteiger partial charge in [-0.15, -0.1) is 0 Å². The van der Waals surface area contributed by atoms with Crippen LogP contribution in [0.1, 0.15) is 35.2 Å². The third kappa shape index (κ3) is 6.28. The van der Waals surface area contributed by atoms with Crippen molar-refractivity contribution < 1.29 is 22.8 Å². The Morgan fingerprint density at radius 3 is 2.25 bits per heavy atom. The van der Waals surface area contributed by atoms with Gasteiger partial charge in [0, 0.05) is 24.5 Å². The molecule has 10 heteroatoms. The van der Waals surface area contributed by atoms with Crippen molar-refractivity contribution in [3.05, 3.63) is 82.9 Å². The second kappa shape index (κ2) is 10.9. The van der Waals surface area contributed by atoms with Gasteiger partial charge in [-0.05, 0) is 67.8 Å². The molecule has 3 amide bonds. The lowest BCUT2D eigenvalue weighted by Gasteiger charge is -2.31. The van der Waals surface area contributed by atoms with E-state index in [2.05, 4.69) is 20.9 Å². The maximum absolute atomic E-state index is 13.0. The van der Waals surface area contributed by atoms with E-state index in [-0.39, 0.29) is 5.69 Å². The van der Waals surface area contributed by atoms with Crippen LogP contribution in [0.25, 0.3) is 0 Å². The number of benzene rings is 3. The van der Waals surface area contributed by atoms with Crippen LogP contribution in [0.4, 0.5) is 40.7 Å². The lowest BCUT2D eigenvalue weighted by atomic mass is 10.1. The summed E-state index contributed by atoms with van der Waals surface area (Å²) < 4.78 is 39.1. The van der Waals surface area contributed by atoms with Gasteiger partial charge in [0.05, 0.1) is 27.5 Å². The number of nitrogens with one attached hydrogen (secondary N) is 3. The van der Waals surface area contributed by atoms with Gasteiger partial charge < -0.3 is 20.9 Å². The molecule has 0 radical (unpaired) electrons. The molecule has 1 aliphatic heterocycles. The van der Waals surface area contributed by atoms with Gasteiger partial charge in [0.2, 0.25) is 0 Å². The van der Waals surface area contributed by atoms with Gasteiger partial charge in [0.25, 0.3) is 5.91 Å². The van der Waals surface area contributed by atoms with Crippen LogP contribution < -0.4 is 20.9 Å². The predicted octanol–water partition coefficient (Wildman–Crippen LogP) is 7.25. The normalized spacial score (nSPS) is 13.7. The molecule has 188 valence electrons. The monoisotopic (exact) mass is 516 g/mol. The predicted molar refractivity (Wildman–Crippen MR) is 136 cm³/mol. The van der Waals surface area contributed by atoms with Crippen molar-refractivity contribution in [2.24, 2.45) is 0 Å². The highest BCUT2D eigenvalue weighted by atomic mass is 35.5. The second-order valence-electron chi connectivity index (χ2n) is 8.37. The second-order valence-corrected chi connectivity index (χ2v) is 8.78. The van der Waals surface area contributed by atoms with Crippen molar-refractivity contribution in [1.29, 1.82) is 0 Å². The number of amides is 3. The molecule has 0 bridgehead atoms. The Morgan fingerprint density at radius 1 is 0.806 bits per heavy atom. The number of hydrogen-bond acceptors (Lipinski definition) is 3. The van der Waals surface area contributed by atoms with E-state index in [0.717, 1.165) is 50.2 Å². The van der Waals surface area contributed by atoms with Crippen molar-refractivity contribution >= 4 is 46.3 Å². The van der Waals surface area contributed by atoms with Gasteiger partial charge in [-0.2, -0.15) is 13.2 Å². The summed E-state index contributed by atoms with van der Waals surface area (Å²) in [7, 11) is 0. The van der Waals surface area contributed by atoms with E-state index in [9.17, 15) is 22.8 Å². The fourth-order valence-electron chi connectivity index (χ4n) is 4.03. The number of alkyl halides is 3.